The van der Waals surface area contributed by atoms with Crippen LogP contribution in [0.1, 0.15) is 27.7 Å². The van der Waals surface area contributed by atoms with Crippen LogP contribution in [0.25, 0.3) is 21.9 Å². The van der Waals surface area contributed by atoms with Crippen LogP contribution in [0.5, 0.6) is 0 Å². The molecule has 5 nitrogen and oxygen atoms in total. The molecule has 1 aromatic heterocycles. The van der Waals surface area contributed by atoms with Gasteiger partial charge in [0.2, 0.25) is 0 Å². The number of nitrogens with zero attached hydrogens (tertiary/aromatic N) is 1. The third-order valence-corrected chi connectivity index (χ3v) is 6.28. The van der Waals surface area contributed by atoms with Crippen LogP contribution < -0.4 is 5.56 Å². The van der Waals surface area contributed by atoms with Gasteiger partial charge < -0.3 is 13.6 Å². The van der Waals surface area contributed by atoms with Gasteiger partial charge in [0.05, 0.1) is 12.2 Å². The van der Waals surface area contributed by atoms with Crippen molar-refractivity contribution in [2.75, 3.05) is 0 Å². The molecule has 0 saturated carbocycles. The Labute approximate surface area is 165 Å². The van der Waals surface area contributed by atoms with Crippen molar-refractivity contribution in [2.24, 2.45) is 0 Å². The number of pyridine rings is 1. The maximum Gasteiger partial charge on any atom is 0.350 e. The Balaban J connectivity index is 1.90. The first-order chi connectivity index (χ1) is 13.3. The van der Waals surface area contributed by atoms with Crippen LogP contribution in [0.15, 0.2) is 65.6 Å². The Hall–Kier alpha value is -2.20. The molecule has 0 unspecified atom stereocenters. The summed E-state index contributed by atoms with van der Waals surface area (Å²) in [4.78, 5) is 12.7. The zero-order valence-corrected chi connectivity index (χ0v) is 17.6. The van der Waals surface area contributed by atoms with Crippen molar-refractivity contribution >= 4 is 18.4 Å². The first-order valence-electron chi connectivity index (χ1n) is 9.41. The van der Waals surface area contributed by atoms with Crippen LogP contribution in [-0.2, 0) is 19.9 Å². The van der Waals surface area contributed by atoms with Crippen LogP contribution in [-0.4, -0.2) is 16.8 Å². The zero-order chi connectivity index (χ0) is 20.3. The van der Waals surface area contributed by atoms with Crippen LogP contribution in [0, 0.1) is 0 Å². The molecule has 1 heterocycles. The van der Waals surface area contributed by atoms with Crippen molar-refractivity contribution in [2.45, 2.75) is 46.2 Å². The second-order valence-electron chi connectivity index (χ2n) is 7.35. The highest BCUT2D eigenvalue weighted by atomic mass is 31.2. The minimum atomic E-state index is -3.44. The molecular formula is C22H26NO4P. The summed E-state index contributed by atoms with van der Waals surface area (Å²) >= 11 is 0. The summed E-state index contributed by atoms with van der Waals surface area (Å²) in [7, 11) is -3.44. The highest BCUT2D eigenvalue weighted by molar-refractivity contribution is 7.52. The van der Waals surface area contributed by atoms with E-state index in [0.29, 0.717) is 0 Å². The van der Waals surface area contributed by atoms with E-state index in [1.165, 1.54) is 4.57 Å². The van der Waals surface area contributed by atoms with Crippen LogP contribution >= 0.6 is 7.60 Å². The molecule has 28 heavy (non-hydrogen) atoms. The molecule has 0 aliphatic rings. The third kappa shape index (κ3) is 4.99. The van der Waals surface area contributed by atoms with Crippen molar-refractivity contribution in [1.82, 2.24) is 4.57 Å². The summed E-state index contributed by atoms with van der Waals surface area (Å²) in [5.41, 5.74) is 1.53. The summed E-state index contributed by atoms with van der Waals surface area (Å²) < 4.78 is 25.5. The van der Waals surface area contributed by atoms with E-state index in [9.17, 15) is 9.36 Å². The van der Waals surface area contributed by atoms with Crippen LogP contribution in [0.3, 0.4) is 0 Å². The summed E-state index contributed by atoms with van der Waals surface area (Å²) in [5, 5.41) is 2.27. The van der Waals surface area contributed by atoms with E-state index in [4.69, 9.17) is 9.05 Å². The highest BCUT2D eigenvalue weighted by Crippen LogP contribution is 2.51. The highest BCUT2D eigenvalue weighted by Gasteiger charge is 2.28. The van der Waals surface area contributed by atoms with Gasteiger partial charge in [0, 0.05) is 12.3 Å². The van der Waals surface area contributed by atoms with Gasteiger partial charge in [-0.2, -0.15) is 0 Å². The second-order valence-corrected chi connectivity index (χ2v) is 9.27. The van der Waals surface area contributed by atoms with E-state index in [-0.39, 0.29) is 24.1 Å². The van der Waals surface area contributed by atoms with Gasteiger partial charge in [0.25, 0.3) is 5.56 Å². The standard InChI is InChI=1S/C22H26NO4P/c1-16(2)26-28(25,27-17(3)4)15-23-12-11-21(14-22(23)24)20-10-9-18-7-5-6-8-19(18)13-20/h5-14,16-17H,15H2,1-4H3. The SMILES string of the molecule is CC(C)OP(=O)(Cn1ccc(-c2ccc3ccccc3c2)cc1=O)OC(C)C. The molecule has 0 radical (unpaired) electrons. The Morgan fingerprint density at radius 1 is 0.857 bits per heavy atom. The summed E-state index contributed by atoms with van der Waals surface area (Å²) in [6, 6.07) is 17.6. The van der Waals surface area contributed by atoms with Crippen molar-refractivity contribution < 1.29 is 13.6 Å². The number of fused-ring (bicyclic) bond motifs is 1. The van der Waals surface area contributed by atoms with Gasteiger partial charge in [-0.25, -0.2) is 0 Å². The lowest BCUT2D eigenvalue weighted by molar-refractivity contribution is 0.138. The van der Waals surface area contributed by atoms with E-state index in [2.05, 4.69) is 12.1 Å². The fraction of sp³-hybridized carbons (Fsp3) is 0.318. The van der Waals surface area contributed by atoms with Crippen LogP contribution in [0.2, 0.25) is 0 Å². The minimum Gasteiger partial charge on any atom is -0.305 e. The maximum atomic E-state index is 13.1. The molecule has 3 aromatic rings. The first kappa shape index (κ1) is 20.5. The summed E-state index contributed by atoms with van der Waals surface area (Å²) in [6.45, 7) is 7.17. The number of rotatable bonds is 7. The van der Waals surface area contributed by atoms with Gasteiger partial charge in [0.15, 0.2) is 0 Å². The number of aromatic nitrogens is 1. The molecule has 0 spiro atoms. The average molecular weight is 399 g/mol. The van der Waals surface area contributed by atoms with Crippen molar-refractivity contribution in [3.05, 3.63) is 71.1 Å². The fourth-order valence-corrected chi connectivity index (χ4v) is 5.17. The van der Waals surface area contributed by atoms with Crippen molar-refractivity contribution in [3.8, 4) is 11.1 Å². The molecule has 0 N–H and O–H groups in total. The number of hydrogen-bond donors (Lipinski definition) is 0. The van der Waals surface area contributed by atoms with Gasteiger partial charge in [0.1, 0.15) is 6.29 Å². The normalized spacial score (nSPS) is 12.2. The predicted octanol–water partition coefficient (Wildman–Crippen LogP) is 5.67. The van der Waals surface area contributed by atoms with Gasteiger partial charge in [-0.05, 0) is 61.7 Å². The molecule has 148 valence electrons. The topological polar surface area (TPSA) is 57.5 Å². The lowest BCUT2D eigenvalue weighted by Gasteiger charge is -2.23. The zero-order valence-electron chi connectivity index (χ0n) is 16.7. The molecule has 0 bridgehead atoms. The monoisotopic (exact) mass is 399 g/mol. The molecule has 0 saturated heterocycles. The lowest BCUT2D eigenvalue weighted by atomic mass is 10.0. The van der Waals surface area contributed by atoms with Crippen molar-refractivity contribution in [1.29, 1.82) is 0 Å². The molecule has 3 rings (SSSR count). The molecule has 6 heteroatoms. The van der Waals surface area contributed by atoms with Gasteiger partial charge in [-0.1, -0.05) is 36.4 Å². The average Bonchev–Trinajstić information content (AvgIpc) is 2.61. The maximum absolute atomic E-state index is 13.1. The molecule has 0 aliphatic heterocycles. The predicted molar refractivity (Wildman–Crippen MR) is 114 cm³/mol. The quantitative estimate of drug-likeness (QED) is 0.481. The Bertz CT molecular complexity index is 1060. The van der Waals surface area contributed by atoms with E-state index in [1.807, 2.05) is 36.4 Å². The lowest BCUT2D eigenvalue weighted by Crippen LogP contribution is -2.21. The smallest absolute Gasteiger partial charge is 0.305 e. The minimum absolute atomic E-state index is 0.111. The fourth-order valence-electron chi connectivity index (χ4n) is 3.09. The Kier molecular flexibility index (Phi) is 6.19. The number of hydrogen-bond acceptors (Lipinski definition) is 4. The first-order valence-corrected chi connectivity index (χ1v) is 11.1. The molecular weight excluding hydrogens is 373 g/mol. The van der Waals surface area contributed by atoms with E-state index in [1.54, 1.807) is 40.0 Å². The molecule has 0 aliphatic carbocycles. The van der Waals surface area contributed by atoms with Crippen LogP contribution in [0.4, 0.5) is 0 Å². The summed E-state index contributed by atoms with van der Waals surface area (Å²) in [6.07, 6.45) is 1.00. The molecule has 0 amide bonds. The van der Waals surface area contributed by atoms with E-state index < -0.39 is 7.60 Å². The van der Waals surface area contributed by atoms with Crippen molar-refractivity contribution in [3.63, 3.8) is 0 Å². The Morgan fingerprint density at radius 3 is 2.07 bits per heavy atom. The third-order valence-electron chi connectivity index (χ3n) is 4.15. The van der Waals surface area contributed by atoms with Gasteiger partial charge in [-0.15, -0.1) is 0 Å². The van der Waals surface area contributed by atoms with E-state index >= 15 is 0 Å². The van der Waals surface area contributed by atoms with Gasteiger partial charge in [-0.3, -0.25) is 9.36 Å². The summed E-state index contributed by atoms with van der Waals surface area (Å²) in [5.74, 6) is 0. The molecule has 0 fully saturated rings. The molecule has 0 atom stereocenters. The molecule has 2 aromatic carbocycles. The van der Waals surface area contributed by atoms with Gasteiger partial charge >= 0.3 is 7.60 Å². The Morgan fingerprint density at radius 2 is 1.46 bits per heavy atom. The number of benzene rings is 2. The largest absolute Gasteiger partial charge is 0.350 e. The van der Waals surface area contributed by atoms with E-state index in [0.717, 1.165) is 21.9 Å². The second kappa shape index (κ2) is 8.44.